The lowest BCUT2D eigenvalue weighted by molar-refractivity contribution is -0.121. The van der Waals surface area contributed by atoms with E-state index in [4.69, 9.17) is 27.9 Å². The molecule has 0 saturated carbocycles. The molecule has 0 aliphatic heterocycles. The minimum atomic E-state index is 0.0223. The Morgan fingerprint density at radius 3 is 2.29 bits per heavy atom. The van der Waals surface area contributed by atoms with Crippen LogP contribution in [0.2, 0.25) is 10.0 Å². The smallest absolute Gasteiger partial charge is 0.170 e. The van der Waals surface area contributed by atoms with Crippen LogP contribution in [0.4, 0.5) is 0 Å². The first kappa shape index (κ1) is 22.6. The second-order valence-electron chi connectivity index (χ2n) is 7.85. The van der Waals surface area contributed by atoms with Crippen molar-refractivity contribution in [3.63, 3.8) is 0 Å². The molecule has 2 aromatic carbocycles. The first-order valence-corrected chi connectivity index (χ1v) is 10.4. The van der Waals surface area contributed by atoms with Gasteiger partial charge in [0.2, 0.25) is 0 Å². The van der Waals surface area contributed by atoms with Crippen LogP contribution in [0, 0.1) is 5.92 Å². The van der Waals surface area contributed by atoms with E-state index in [1.54, 1.807) is 18.2 Å². The number of hydrogen-bond donors (Lipinski definition) is 1. The average Bonchev–Trinajstić information content (AvgIpc) is 2.62. The van der Waals surface area contributed by atoms with Crippen molar-refractivity contribution < 1.29 is 14.6 Å². The van der Waals surface area contributed by atoms with Gasteiger partial charge in [-0.05, 0) is 53.1 Å². The summed E-state index contributed by atoms with van der Waals surface area (Å²) in [5.74, 6) is 1.56. The van der Waals surface area contributed by atoms with E-state index in [2.05, 4.69) is 13.8 Å². The summed E-state index contributed by atoms with van der Waals surface area (Å²) in [6.45, 7) is 8.27. The van der Waals surface area contributed by atoms with Crippen LogP contribution < -0.4 is 4.74 Å². The van der Waals surface area contributed by atoms with Gasteiger partial charge in [-0.1, -0.05) is 63.0 Å². The molecule has 2 aromatic rings. The van der Waals surface area contributed by atoms with Crippen molar-refractivity contribution in [1.29, 1.82) is 0 Å². The number of rotatable bonds is 9. The van der Waals surface area contributed by atoms with Crippen molar-refractivity contribution in [2.24, 2.45) is 5.92 Å². The predicted molar refractivity (Wildman–Crippen MR) is 116 cm³/mol. The molecule has 0 fully saturated rings. The Bertz CT molecular complexity index is 806. The van der Waals surface area contributed by atoms with Gasteiger partial charge in [0.25, 0.3) is 0 Å². The number of halogens is 2. The quantitative estimate of drug-likeness (QED) is 0.483. The van der Waals surface area contributed by atoms with E-state index in [9.17, 15) is 9.90 Å². The van der Waals surface area contributed by atoms with E-state index in [1.807, 2.05) is 26.0 Å². The van der Waals surface area contributed by atoms with E-state index >= 15 is 0 Å². The largest absolute Gasteiger partial charge is 0.508 e. The van der Waals surface area contributed by atoms with Gasteiger partial charge >= 0.3 is 0 Å². The summed E-state index contributed by atoms with van der Waals surface area (Å²) in [6.07, 6.45) is 1.91. The van der Waals surface area contributed by atoms with E-state index in [0.29, 0.717) is 40.3 Å². The van der Waals surface area contributed by atoms with Crippen molar-refractivity contribution in [3.05, 3.63) is 57.1 Å². The maximum absolute atomic E-state index is 11.9. The molecule has 0 bridgehead atoms. The van der Waals surface area contributed by atoms with Gasteiger partial charge < -0.3 is 9.84 Å². The number of carbonyl (C=O) groups is 1. The van der Waals surface area contributed by atoms with E-state index in [1.165, 1.54) is 0 Å². The van der Waals surface area contributed by atoms with Gasteiger partial charge in [0, 0.05) is 22.9 Å². The normalized spacial score (nSPS) is 11.3. The summed E-state index contributed by atoms with van der Waals surface area (Å²) in [5.41, 5.74) is 2.70. The fourth-order valence-corrected chi connectivity index (χ4v) is 3.50. The lowest BCUT2D eigenvalue weighted by Gasteiger charge is -2.14. The SMILES string of the molecule is CC(C)CCC(=O)COc1cc(Cl)c(Cc2ccc(O)c(C(C)C)c2)c(Cl)c1. The van der Waals surface area contributed by atoms with Crippen molar-refractivity contribution in [2.45, 2.75) is 52.9 Å². The minimum absolute atomic E-state index is 0.0223. The highest BCUT2D eigenvalue weighted by atomic mass is 35.5. The molecule has 1 N–H and O–H groups in total. The van der Waals surface area contributed by atoms with Gasteiger partial charge in [-0.3, -0.25) is 4.79 Å². The first-order chi connectivity index (χ1) is 13.2. The molecule has 0 aromatic heterocycles. The molecule has 0 aliphatic carbocycles. The van der Waals surface area contributed by atoms with Crippen molar-refractivity contribution in [1.82, 2.24) is 0 Å². The molecule has 0 heterocycles. The molecule has 2 rings (SSSR count). The third kappa shape index (κ3) is 6.42. The van der Waals surface area contributed by atoms with Gasteiger partial charge in [-0.15, -0.1) is 0 Å². The number of aromatic hydroxyl groups is 1. The molecule has 152 valence electrons. The number of carbonyl (C=O) groups excluding carboxylic acids is 1. The molecular formula is C23H28Cl2O3. The number of benzene rings is 2. The highest BCUT2D eigenvalue weighted by Crippen LogP contribution is 2.34. The van der Waals surface area contributed by atoms with Gasteiger partial charge in [0.15, 0.2) is 5.78 Å². The Labute approximate surface area is 177 Å². The standard InChI is InChI=1S/C23H28Cl2O3/c1-14(2)5-7-17(26)13-28-18-11-21(24)20(22(25)12-18)10-16-6-8-23(27)19(9-16)15(3)4/h6,8-9,11-12,14-15,27H,5,7,10,13H2,1-4H3. The Morgan fingerprint density at radius 1 is 1.07 bits per heavy atom. The second kappa shape index (κ2) is 10.2. The second-order valence-corrected chi connectivity index (χ2v) is 8.66. The fraction of sp³-hybridized carbons (Fsp3) is 0.435. The van der Waals surface area contributed by atoms with Crippen LogP contribution in [0.25, 0.3) is 0 Å². The lowest BCUT2D eigenvalue weighted by atomic mass is 9.96. The Kier molecular flexibility index (Phi) is 8.21. The first-order valence-electron chi connectivity index (χ1n) is 9.61. The molecule has 0 radical (unpaired) electrons. The van der Waals surface area contributed by atoms with Gasteiger partial charge in [0.05, 0.1) is 0 Å². The summed E-state index contributed by atoms with van der Waals surface area (Å²) in [6, 6.07) is 8.94. The van der Waals surface area contributed by atoms with Crippen molar-refractivity contribution >= 4 is 29.0 Å². The Morgan fingerprint density at radius 2 is 1.71 bits per heavy atom. The molecule has 0 amide bonds. The third-order valence-corrected chi connectivity index (χ3v) is 5.28. The van der Waals surface area contributed by atoms with E-state index in [0.717, 1.165) is 23.1 Å². The van der Waals surface area contributed by atoms with E-state index < -0.39 is 0 Å². The number of ether oxygens (including phenoxy) is 1. The molecular weight excluding hydrogens is 395 g/mol. The number of Topliss-reactive ketones (excluding diaryl/α,β-unsaturated/α-hetero) is 1. The van der Waals surface area contributed by atoms with Crippen LogP contribution in [-0.4, -0.2) is 17.5 Å². The van der Waals surface area contributed by atoms with Gasteiger partial charge in [-0.25, -0.2) is 0 Å². The van der Waals surface area contributed by atoms with Crippen LogP contribution in [0.15, 0.2) is 30.3 Å². The molecule has 5 heteroatoms. The zero-order valence-electron chi connectivity index (χ0n) is 16.9. The van der Waals surface area contributed by atoms with Crippen LogP contribution in [0.5, 0.6) is 11.5 Å². The van der Waals surface area contributed by atoms with Crippen molar-refractivity contribution in [2.75, 3.05) is 6.61 Å². The van der Waals surface area contributed by atoms with Crippen LogP contribution in [0.3, 0.4) is 0 Å². The molecule has 0 saturated heterocycles. The average molecular weight is 423 g/mol. The topological polar surface area (TPSA) is 46.5 Å². The number of phenolic OH excluding ortho intramolecular Hbond substituents is 1. The molecule has 0 aliphatic rings. The number of ketones is 1. The highest BCUT2D eigenvalue weighted by molar-refractivity contribution is 6.36. The summed E-state index contributed by atoms with van der Waals surface area (Å²) in [4.78, 5) is 11.9. The zero-order valence-corrected chi connectivity index (χ0v) is 18.4. The van der Waals surface area contributed by atoms with Gasteiger partial charge in [-0.2, -0.15) is 0 Å². The number of phenols is 1. The monoisotopic (exact) mass is 422 g/mol. The molecule has 3 nitrogen and oxygen atoms in total. The fourth-order valence-electron chi connectivity index (χ4n) is 2.90. The molecule has 0 atom stereocenters. The minimum Gasteiger partial charge on any atom is -0.508 e. The van der Waals surface area contributed by atoms with Gasteiger partial charge in [0.1, 0.15) is 18.1 Å². The van der Waals surface area contributed by atoms with Crippen molar-refractivity contribution in [3.8, 4) is 11.5 Å². The van der Waals surface area contributed by atoms with Crippen LogP contribution in [0.1, 0.15) is 63.1 Å². The molecule has 28 heavy (non-hydrogen) atoms. The summed E-state index contributed by atoms with van der Waals surface area (Å²) in [7, 11) is 0. The van der Waals surface area contributed by atoms with Crippen LogP contribution in [-0.2, 0) is 11.2 Å². The lowest BCUT2D eigenvalue weighted by Crippen LogP contribution is -2.12. The summed E-state index contributed by atoms with van der Waals surface area (Å²) in [5, 5.41) is 11.0. The zero-order chi connectivity index (χ0) is 20.8. The third-order valence-electron chi connectivity index (χ3n) is 4.61. The maximum Gasteiger partial charge on any atom is 0.170 e. The predicted octanol–water partition coefficient (Wildman–Crippen LogP) is 6.80. The highest BCUT2D eigenvalue weighted by Gasteiger charge is 2.13. The molecule has 0 unspecified atom stereocenters. The van der Waals surface area contributed by atoms with Crippen LogP contribution >= 0.6 is 23.2 Å². The maximum atomic E-state index is 11.9. The Balaban J connectivity index is 2.10. The Hall–Kier alpha value is -1.71. The summed E-state index contributed by atoms with van der Waals surface area (Å²) < 4.78 is 5.58. The number of hydrogen-bond acceptors (Lipinski definition) is 3. The molecule has 0 spiro atoms. The summed E-state index contributed by atoms with van der Waals surface area (Å²) >= 11 is 12.9. The van der Waals surface area contributed by atoms with E-state index in [-0.39, 0.29) is 18.3 Å².